The van der Waals surface area contributed by atoms with Crippen LogP contribution in [0.4, 0.5) is 14.7 Å². The van der Waals surface area contributed by atoms with Gasteiger partial charge in [-0.15, -0.1) is 11.3 Å². The highest BCUT2D eigenvalue weighted by Gasteiger charge is 2.34. The van der Waals surface area contributed by atoms with Crippen molar-refractivity contribution in [3.8, 4) is 0 Å². The van der Waals surface area contributed by atoms with Gasteiger partial charge in [-0.05, 0) is 232 Å². The summed E-state index contributed by atoms with van der Waals surface area (Å²) in [4.78, 5) is 120. The number of benzene rings is 11. The van der Waals surface area contributed by atoms with E-state index in [0.717, 1.165) is 142 Å². The third-order valence-electron chi connectivity index (χ3n) is 24.9. The number of aromatic amines is 7. The smallest absolute Gasteiger partial charge is 0.268 e. The fraction of sp³-hybridized carbons (Fsp3) is 0.154. The van der Waals surface area contributed by atoms with E-state index in [0.29, 0.717) is 97.7 Å². The Morgan fingerprint density at radius 2 is 0.864 bits per heavy atom. The Labute approximate surface area is 859 Å². The summed E-state index contributed by atoms with van der Waals surface area (Å²) in [6.07, 6.45) is 6.75. The van der Waals surface area contributed by atoms with Gasteiger partial charge in [-0.1, -0.05) is 211 Å². The number of rotatable bonds is 22. The van der Waals surface area contributed by atoms with Crippen molar-refractivity contribution in [1.29, 1.82) is 0 Å². The Balaban J connectivity index is 0.000000117. The summed E-state index contributed by atoms with van der Waals surface area (Å²) < 4.78 is 32.6. The lowest BCUT2D eigenvalue weighted by Crippen LogP contribution is -2.32. The summed E-state index contributed by atoms with van der Waals surface area (Å²) in [5.74, 6) is 1.18. The molecule has 25 nitrogen and oxygen atoms in total. The number of para-hydroxylation sites is 5. The molecule has 0 spiro atoms. The summed E-state index contributed by atoms with van der Waals surface area (Å²) in [6, 6.07) is 103. The predicted molar refractivity (Wildman–Crippen MR) is 579 cm³/mol. The van der Waals surface area contributed by atoms with Crippen LogP contribution in [0, 0.1) is 24.5 Å². The number of nitrogens with zero attached hydrogens (tertiary/aromatic N) is 3. The maximum atomic E-state index is 13.8. The first kappa shape index (κ1) is 101. The molecule has 3 unspecified atom stereocenters. The van der Waals surface area contributed by atoms with Gasteiger partial charge in [0.1, 0.15) is 63.0 Å². The van der Waals surface area contributed by atoms with Crippen molar-refractivity contribution < 1.29 is 46.8 Å². The van der Waals surface area contributed by atoms with E-state index in [4.69, 9.17) is 27.6 Å². The van der Waals surface area contributed by atoms with E-state index in [1.807, 2.05) is 336 Å². The van der Waals surface area contributed by atoms with Crippen LogP contribution in [0.3, 0.4) is 0 Å². The molecule has 7 amide bonds. The number of hydrogen-bond donors (Lipinski definition) is 14. The molecule has 0 aliphatic heterocycles. The van der Waals surface area contributed by atoms with Crippen LogP contribution >= 0.6 is 34.5 Å². The van der Waals surface area contributed by atoms with Gasteiger partial charge in [0.15, 0.2) is 0 Å². The van der Waals surface area contributed by atoms with Crippen LogP contribution < -0.4 is 42.1 Å². The number of hydrogen-bond acceptors (Lipinski definition) is 12. The summed E-state index contributed by atoms with van der Waals surface area (Å²) in [7, 11) is 3.81. The number of halogens is 4. The minimum atomic E-state index is -0.321. The first-order valence-corrected chi connectivity index (χ1v) is 49.7. The Kier molecular flexibility index (Phi) is 32.9. The molecule has 2 aliphatic rings. The molecule has 742 valence electrons. The topological polar surface area (TPSA) is 356 Å². The molecule has 0 saturated heterocycles. The van der Waals surface area contributed by atoms with Crippen molar-refractivity contribution in [3.63, 3.8) is 0 Å². The zero-order valence-corrected chi connectivity index (χ0v) is 83.3. The zero-order valence-electron chi connectivity index (χ0n) is 81.0. The summed E-state index contributed by atoms with van der Waals surface area (Å²) in [6.45, 7) is 7.31. The van der Waals surface area contributed by atoms with Crippen molar-refractivity contribution in [2.75, 3.05) is 19.0 Å². The molecule has 23 rings (SSSR count). The molecular weight excluding hydrogens is 1910 g/mol. The first-order chi connectivity index (χ1) is 71.4. The van der Waals surface area contributed by atoms with E-state index < -0.39 is 0 Å². The molecule has 10 aromatic heterocycles. The normalized spacial score (nSPS) is 12.9. The van der Waals surface area contributed by atoms with Crippen LogP contribution in [-0.4, -0.2) is 100 Å². The van der Waals surface area contributed by atoms with Gasteiger partial charge in [-0.3, -0.25) is 33.6 Å². The molecule has 30 heteroatoms. The SMILES string of the molecule is CC(NC(=O)c1cc2ccccc2[nH]1)c1cccc(Cl)c1.CN(C)c1ncc2c(n1)CCC[C@H]2NC(=O)c1cc2cc(F)ccc2[nH]1.Cc1ccc(C(C)NC(=O)c2cc3ccccc3[nH]2)o1.O=C(NC(c1ccccc1)C1CC1)c1cc2c(F)cccc2[nH]1.O=C(NCc1ccc(Cl)cc1)c1cc2ccccc2[nH]1.O=C(NCc1ccccc1)c1cc2ccccc2[nH]1.O=C(NCc1cccs1)c1cc2ccccc2[nH]1. The lowest BCUT2D eigenvalue weighted by molar-refractivity contribution is 0.0919. The monoisotopic (exact) mass is 2020 g/mol. The van der Waals surface area contributed by atoms with Gasteiger partial charge in [0.25, 0.3) is 41.4 Å². The van der Waals surface area contributed by atoms with Gasteiger partial charge >= 0.3 is 0 Å². The fourth-order valence-corrected chi connectivity index (χ4v) is 17.9. The third-order valence-corrected chi connectivity index (χ3v) is 26.2. The molecule has 0 bridgehead atoms. The second kappa shape index (κ2) is 47.8. The molecule has 0 radical (unpaired) electrons. The quantitative estimate of drug-likeness (QED) is 0.0302. The lowest BCUT2D eigenvalue weighted by Gasteiger charge is -2.26. The van der Waals surface area contributed by atoms with Crippen LogP contribution in [-0.2, 0) is 26.1 Å². The highest BCUT2D eigenvalue weighted by atomic mass is 35.5. The highest BCUT2D eigenvalue weighted by molar-refractivity contribution is 7.09. The van der Waals surface area contributed by atoms with E-state index in [1.54, 1.807) is 41.7 Å². The molecule has 10 heterocycles. The first-order valence-electron chi connectivity index (χ1n) is 48.1. The molecule has 4 atom stereocenters. The average molecular weight is 2020 g/mol. The number of carbonyl (C=O) groups excluding carboxylic acids is 7. The molecule has 1 fully saturated rings. The van der Waals surface area contributed by atoms with Gasteiger partial charge in [0, 0.05) is 130 Å². The number of H-pyrrole nitrogens is 7. The minimum absolute atomic E-state index is 0.0139. The van der Waals surface area contributed by atoms with Crippen molar-refractivity contribution >= 4 is 158 Å². The van der Waals surface area contributed by atoms with E-state index in [2.05, 4.69) is 82.1 Å². The number of nitrogens with one attached hydrogen (secondary N) is 14. The van der Waals surface area contributed by atoms with E-state index >= 15 is 0 Å². The van der Waals surface area contributed by atoms with Crippen molar-refractivity contribution in [1.82, 2.24) is 82.1 Å². The number of carbonyl (C=O) groups is 7. The minimum Gasteiger partial charge on any atom is -0.464 e. The molecule has 14 N–H and O–H groups in total. The lowest BCUT2D eigenvalue weighted by atomic mass is 9.92. The van der Waals surface area contributed by atoms with E-state index in [9.17, 15) is 42.3 Å². The summed E-state index contributed by atoms with van der Waals surface area (Å²) in [5.41, 5.74) is 16.1. The number of fused-ring (bicyclic) bond motifs is 8. The largest absolute Gasteiger partial charge is 0.464 e. The standard InChI is InChI=1S/C19H20FN5O.C19H17FN2O.C17H15ClN2O.C16H13ClN2O.C16H16N2O2.C16H14N2O.C14H12N2OS/c1-25(2)19-21-10-13-15(4-3-5-16(13)24-19)23-18(26)17-9-11-8-12(20)6-7-14(11)22-17;20-15-7-4-8-16-14(15)11-17(21-16)19(23)22-18(13-9-10-13)12-5-2-1-3-6-12;1-11(12-6-4-7-14(18)9-12)19-17(21)16-10-13-5-2-3-8-15(13)20-16;17-13-7-5-11(6-8-13)10-18-16(20)15-9-12-3-1-2-4-14(12)19-15;1-10-7-8-15(20-10)11(2)17-16(19)14-9-12-5-3-4-6-13(12)18-14;19-16(17-11-12-6-2-1-3-7-12)15-10-13-8-4-5-9-14(13)18-15;17-14(15-9-11-5-3-7-18-11)13-8-10-4-1-2-6-12(10)16-13/h6-10,15,22H,3-5H2,1-2H3,(H,23,26);1-8,11,13,18,21H,9-10H2,(H,22,23);2-11,20H,1H3,(H,19,21);1-9,19H,10H2,(H,18,20);3-9,11,18H,1-2H3,(H,17,19);1-10,18H,11H2,(H,17,19);1-8,16H,9H2,(H,15,17)/t15-;;;;;;/m1....../s1. The second-order valence-electron chi connectivity index (χ2n) is 35.9. The Hall–Kier alpha value is -17.2. The number of anilines is 1. The van der Waals surface area contributed by atoms with Crippen molar-refractivity contribution in [2.24, 2.45) is 5.92 Å². The van der Waals surface area contributed by atoms with E-state index in [-0.39, 0.29) is 77.2 Å². The van der Waals surface area contributed by atoms with Gasteiger partial charge < -0.3 is 81.4 Å². The van der Waals surface area contributed by atoms with E-state index in [1.165, 1.54) is 18.2 Å². The Morgan fingerprint density at radius 3 is 1.36 bits per heavy atom. The van der Waals surface area contributed by atoms with Crippen molar-refractivity contribution in [2.45, 2.75) is 96.7 Å². The number of thiophene rings is 1. The highest BCUT2D eigenvalue weighted by Crippen LogP contribution is 2.42. The van der Waals surface area contributed by atoms with Crippen LogP contribution in [0.15, 0.2) is 350 Å². The number of amides is 7. The molecule has 2 aliphatic carbocycles. The summed E-state index contributed by atoms with van der Waals surface area (Å²) >= 11 is 13.4. The number of furan rings is 1. The third kappa shape index (κ3) is 26.8. The molecule has 21 aromatic rings. The molecule has 1 saturated carbocycles. The molecule has 147 heavy (non-hydrogen) atoms. The van der Waals surface area contributed by atoms with Gasteiger partial charge in [-0.2, -0.15) is 0 Å². The predicted octanol–water partition coefficient (Wildman–Crippen LogP) is 25.0. The van der Waals surface area contributed by atoms with Crippen molar-refractivity contribution in [3.05, 3.63) is 457 Å². The Bertz CT molecular complexity index is 8000. The molecule has 11 aromatic carbocycles. The second-order valence-corrected chi connectivity index (χ2v) is 37.8. The van der Waals surface area contributed by atoms with Crippen LogP contribution in [0.1, 0.15) is 187 Å². The summed E-state index contributed by atoms with van der Waals surface area (Å²) in [5, 5.41) is 30.4. The van der Waals surface area contributed by atoms with Crippen LogP contribution in [0.5, 0.6) is 0 Å². The number of aromatic nitrogens is 9. The zero-order chi connectivity index (χ0) is 102. The van der Waals surface area contributed by atoms with Gasteiger partial charge in [-0.25, -0.2) is 18.7 Å². The maximum Gasteiger partial charge on any atom is 0.268 e. The maximum absolute atomic E-state index is 13.8. The number of aryl methyl sites for hydroxylation is 2. The van der Waals surface area contributed by atoms with Gasteiger partial charge in [0.2, 0.25) is 5.95 Å². The van der Waals surface area contributed by atoms with Gasteiger partial charge in [0.05, 0.1) is 36.4 Å². The van der Waals surface area contributed by atoms with Crippen LogP contribution in [0.25, 0.3) is 76.3 Å². The molecular formula is C117H107Cl2F2N17O8S. The van der Waals surface area contributed by atoms with Crippen LogP contribution in [0.2, 0.25) is 10.0 Å². The fourth-order valence-electron chi connectivity index (χ4n) is 17.0. The Morgan fingerprint density at radius 1 is 0.415 bits per heavy atom. The average Bonchev–Trinajstić information content (AvgIpc) is 1.76.